The van der Waals surface area contributed by atoms with Crippen molar-refractivity contribution in [3.8, 4) is 5.75 Å². The first-order chi connectivity index (χ1) is 11.6. The number of phenols is 1. The van der Waals surface area contributed by atoms with E-state index in [4.69, 9.17) is 0 Å². The molecule has 0 aliphatic rings. The number of anilines is 1. The third-order valence-electron chi connectivity index (χ3n) is 4.19. The zero-order chi connectivity index (χ0) is 17.5. The van der Waals surface area contributed by atoms with E-state index in [9.17, 15) is 10.2 Å². The van der Waals surface area contributed by atoms with Crippen molar-refractivity contribution in [2.75, 3.05) is 18.0 Å². The van der Waals surface area contributed by atoms with Crippen molar-refractivity contribution in [2.24, 2.45) is 4.99 Å². The molecular formula is C20H26N2O2. The molecule has 2 N–H and O–H groups in total. The van der Waals surface area contributed by atoms with Gasteiger partial charge in [-0.25, -0.2) is 0 Å². The van der Waals surface area contributed by atoms with E-state index in [1.165, 1.54) is 0 Å². The van der Waals surface area contributed by atoms with Crippen LogP contribution in [0.25, 0.3) is 0 Å². The summed E-state index contributed by atoms with van der Waals surface area (Å²) < 4.78 is 0. The predicted molar refractivity (Wildman–Crippen MR) is 100 cm³/mol. The number of rotatable bonds is 7. The molecule has 2 rings (SSSR count). The van der Waals surface area contributed by atoms with Crippen molar-refractivity contribution in [1.82, 2.24) is 0 Å². The van der Waals surface area contributed by atoms with E-state index in [1.807, 2.05) is 49.4 Å². The van der Waals surface area contributed by atoms with Crippen molar-refractivity contribution in [1.29, 1.82) is 0 Å². The average Bonchev–Trinajstić information content (AvgIpc) is 2.62. The summed E-state index contributed by atoms with van der Waals surface area (Å²) >= 11 is 0. The highest BCUT2D eigenvalue weighted by molar-refractivity contribution is 5.84. The van der Waals surface area contributed by atoms with Gasteiger partial charge < -0.3 is 15.1 Å². The molecule has 4 nitrogen and oxygen atoms in total. The number of phenolic OH excluding ortho intramolecular Hbond substituents is 1. The Bertz CT molecular complexity index is 667. The third-order valence-corrected chi connectivity index (χ3v) is 4.19. The summed E-state index contributed by atoms with van der Waals surface area (Å²) in [6.07, 6.45) is 0.956. The summed E-state index contributed by atoms with van der Waals surface area (Å²) in [6.45, 7) is 7.81. The second-order valence-corrected chi connectivity index (χ2v) is 5.79. The zero-order valence-electron chi connectivity index (χ0n) is 14.6. The van der Waals surface area contributed by atoms with Crippen LogP contribution in [-0.4, -0.2) is 35.6 Å². The van der Waals surface area contributed by atoms with E-state index in [2.05, 4.69) is 23.7 Å². The first-order valence-electron chi connectivity index (χ1n) is 8.41. The molecule has 0 aromatic heterocycles. The highest BCUT2D eigenvalue weighted by atomic mass is 16.3. The van der Waals surface area contributed by atoms with Crippen LogP contribution in [0.3, 0.4) is 0 Å². The SMILES string of the molecule is CCN(CC)c1ccc(C=N[C@@H](C)[C@H](O)c2ccccc2)c(O)c1. The maximum atomic E-state index is 10.3. The Kier molecular flexibility index (Phi) is 6.38. The minimum absolute atomic E-state index is 0.199. The minimum atomic E-state index is -0.667. The van der Waals surface area contributed by atoms with Crippen LogP contribution in [0.5, 0.6) is 5.75 Å². The van der Waals surface area contributed by atoms with Crippen molar-refractivity contribution < 1.29 is 10.2 Å². The molecule has 2 atom stereocenters. The van der Waals surface area contributed by atoms with E-state index in [0.717, 1.165) is 24.3 Å². The predicted octanol–water partition coefficient (Wildman–Crippen LogP) is 3.78. The Labute approximate surface area is 144 Å². The second-order valence-electron chi connectivity index (χ2n) is 5.79. The molecule has 24 heavy (non-hydrogen) atoms. The van der Waals surface area contributed by atoms with Crippen molar-refractivity contribution in [3.63, 3.8) is 0 Å². The summed E-state index contributed by atoms with van der Waals surface area (Å²) in [7, 11) is 0. The number of benzene rings is 2. The molecule has 0 bridgehead atoms. The van der Waals surface area contributed by atoms with Gasteiger partial charge in [-0.1, -0.05) is 30.3 Å². The largest absolute Gasteiger partial charge is 0.507 e. The normalized spacial score (nSPS) is 13.8. The highest BCUT2D eigenvalue weighted by Crippen LogP contribution is 2.24. The van der Waals surface area contributed by atoms with E-state index in [0.29, 0.717) is 5.56 Å². The van der Waals surface area contributed by atoms with Gasteiger partial charge in [-0.05, 0) is 38.5 Å². The first kappa shape index (κ1) is 18.0. The van der Waals surface area contributed by atoms with Gasteiger partial charge in [0, 0.05) is 36.6 Å². The summed E-state index contributed by atoms with van der Waals surface area (Å²) in [5, 5.41) is 20.6. The molecule has 4 heteroatoms. The van der Waals surface area contributed by atoms with Crippen molar-refractivity contribution in [2.45, 2.75) is 32.9 Å². The fourth-order valence-corrected chi connectivity index (χ4v) is 2.63. The summed E-state index contributed by atoms with van der Waals surface area (Å²) in [5.74, 6) is 0.199. The Morgan fingerprint density at radius 1 is 1.08 bits per heavy atom. The van der Waals surface area contributed by atoms with E-state index >= 15 is 0 Å². The van der Waals surface area contributed by atoms with Crippen LogP contribution in [0.2, 0.25) is 0 Å². The van der Waals surface area contributed by atoms with Crippen LogP contribution in [0.1, 0.15) is 38.0 Å². The first-order valence-corrected chi connectivity index (χ1v) is 8.41. The lowest BCUT2D eigenvalue weighted by Gasteiger charge is -2.21. The fourth-order valence-electron chi connectivity index (χ4n) is 2.63. The topological polar surface area (TPSA) is 56.1 Å². The van der Waals surface area contributed by atoms with Crippen LogP contribution in [0, 0.1) is 0 Å². The van der Waals surface area contributed by atoms with Gasteiger partial charge in [0.2, 0.25) is 0 Å². The highest BCUT2D eigenvalue weighted by Gasteiger charge is 2.14. The number of hydrogen-bond donors (Lipinski definition) is 2. The molecule has 0 saturated carbocycles. The molecule has 2 aromatic rings. The number of aliphatic hydroxyl groups excluding tert-OH is 1. The Balaban J connectivity index is 2.11. The summed E-state index contributed by atoms with van der Waals surface area (Å²) in [6, 6.07) is 14.8. The number of aromatic hydroxyl groups is 1. The fraction of sp³-hybridized carbons (Fsp3) is 0.350. The molecule has 0 aliphatic heterocycles. The van der Waals surface area contributed by atoms with Crippen LogP contribution >= 0.6 is 0 Å². The van der Waals surface area contributed by atoms with Gasteiger partial charge in [-0.3, -0.25) is 4.99 Å². The standard InChI is InChI=1S/C20H26N2O2/c1-4-22(5-2)18-12-11-17(19(23)13-18)14-21-15(3)20(24)16-9-7-6-8-10-16/h6-15,20,23-24H,4-5H2,1-3H3/t15-,20-/m0/s1. The monoisotopic (exact) mass is 326 g/mol. The van der Waals surface area contributed by atoms with Gasteiger partial charge in [-0.2, -0.15) is 0 Å². The lowest BCUT2D eigenvalue weighted by atomic mass is 10.0. The number of aliphatic hydroxyl groups is 1. The molecule has 0 spiro atoms. The van der Waals surface area contributed by atoms with Crippen LogP contribution < -0.4 is 4.90 Å². The van der Waals surface area contributed by atoms with E-state index in [-0.39, 0.29) is 11.8 Å². The van der Waals surface area contributed by atoms with Crippen molar-refractivity contribution in [3.05, 3.63) is 59.7 Å². The quantitative estimate of drug-likeness (QED) is 0.761. The lowest BCUT2D eigenvalue weighted by Crippen LogP contribution is -2.21. The second kappa shape index (κ2) is 8.50. The molecule has 2 aromatic carbocycles. The van der Waals surface area contributed by atoms with E-state index in [1.54, 1.807) is 12.3 Å². The smallest absolute Gasteiger partial charge is 0.126 e. The van der Waals surface area contributed by atoms with Gasteiger partial charge in [0.05, 0.1) is 6.04 Å². The molecule has 0 radical (unpaired) electrons. The minimum Gasteiger partial charge on any atom is -0.507 e. The molecule has 0 saturated heterocycles. The van der Waals surface area contributed by atoms with Gasteiger partial charge in [0.1, 0.15) is 11.9 Å². The van der Waals surface area contributed by atoms with Gasteiger partial charge in [0.25, 0.3) is 0 Å². The average molecular weight is 326 g/mol. The number of hydrogen-bond acceptors (Lipinski definition) is 4. The van der Waals surface area contributed by atoms with Gasteiger partial charge in [0.15, 0.2) is 0 Å². The van der Waals surface area contributed by atoms with Gasteiger partial charge >= 0.3 is 0 Å². The number of nitrogens with zero attached hydrogens (tertiary/aromatic N) is 2. The molecule has 0 fully saturated rings. The molecule has 0 heterocycles. The molecule has 0 amide bonds. The maximum Gasteiger partial charge on any atom is 0.126 e. The summed E-state index contributed by atoms with van der Waals surface area (Å²) in [4.78, 5) is 6.57. The third kappa shape index (κ3) is 4.36. The van der Waals surface area contributed by atoms with E-state index < -0.39 is 6.10 Å². The van der Waals surface area contributed by atoms with Crippen LogP contribution in [0.4, 0.5) is 5.69 Å². The Morgan fingerprint density at radius 2 is 1.75 bits per heavy atom. The van der Waals surface area contributed by atoms with Crippen LogP contribution in [-0.2, 0) is 0 Å². The molecule has 0 aliphatic carbocycles. The zero-order valence-corrected chi connectivity index (χ0v) is 14.6. The molecule has 128 valence electrons. The molecule has 0 unspecified atom stereocenters. The molecular weight excluding hydrogens is 300 g/mol. The summed E-state index contributed by atoms with van der Waals surface area (Å²) in [5.41, 5.74) is 2.48. The Morgan fingerprint density at radius 3 is 2.33 bits per heavy atom. The van der Waals surface area contributed by atoms with Gasteiger partial charge in [-0.15, -0.1) is 0 Å². The Hall–Kier alpha value is -2.33. The lowest BCUT2D eigenvalue weighted by molar-refractivity contribution is 0.154. The van der Waals surface area contributed by atoms with Crippen LogP contribution in [0.15, 0.2) is 53.5 Å². The number of aliphatic imine (C=N–C) groups is 1. The maximum absolute atomic E-state index is 10.3. The van der Waals surface area contributed by atoms with Crippen molar-refractivity contribution >= 4 is 11.9 Å².